The van der Waals surface area contributed by atoms with E-state index in [0.29, 0.717) is 39.3 Å². The van der Waals surface area contributed by atoms with E-state index in [0.717, 1.165) is 0 Å². The molecular weight excluding hydrogens is 424 g/mol. The van der Waals surface area contributed by atoms with Gasteiger partial charge < -0.3 is 25.4 Å². The number of esters is 1. The minimum Gasteiger partial charge on any atom is -0.480 e. The fourth-order valence-corrected chi connectivity index (χ4v) is 3.69. The summed E-state index contributed by atoms with van der Waals surface area (Å²) < 4.78 is 4.81. The van der Waals surface area contributed by atoms with Crippen molar-refractivity contribution in [3.63, 3.8) is 0 Å². The lowest BCUT2D eigenvalue weighted by molar-refractivity contribution is -0.158. The van der Waals surface area contributed by atoms with E-state index in [4.69, 9.17) is 9.84 Å². The van der Waals surface area contributed by atoms with Gasteiger partial charge in [-0.25, -0.2) is 4.79 Å². The number of aliphatic carboxylic acids is 3. The van der Waals surface area contributed by atoms with Crippen LogP contribution in [0.3, 0.4) is 0 Å². The Morgan fingerprint density at radius 1 is 0.750 bits per heavy atom. The molecule has 0 atom stereocenters. The molecule has 1 aliphatic heterocycles. The summed E-state index contributed by atoms with van der Waals surface area (Å²) >= 11 is 0. The van der Waals surface area contributed by atoms with Gasteiger partial charge in [0, 0.05) is 50.3 Å². The zero-order chi connectivity index (χ0) is 24.5. The second-order valence-electron chi connectivity index (χ2n) is 8.83. The van der Waals surface area contributed by atoms with Gasteiger partial charge >= 0.3 is 23.9 Å². The molecule has 12 heteroatoms. The molecule has 1 aliphatic rings. The Morgan fingerprint density at radius 2 is 1.28 bits per heavy atom. The molecule has 0 aliphatic carbocycles. The fraction of sp³-hybridized carbons (Fsp3) is 0.800. The molecule has 0 spiro atoms. The van der Waals surface area contributed by atoms with Crippen molar-refractivity contribution < 1.29 is 39.2 Å². The van der Waals surface area contributed by atoms with Crippen LogP contribution in [0.4, 0.5) is 0 Å². The topological polar surface area (TPSA) is 160 Å². The quantitative estimate of drug-likeness (QED) is 0.323. The summed E-state index contributed by atoms with van der Waals surface area (Å²) in [6.07, 6.45) is 0. The molecule has 0 saturated carbocycles. The minimum absolute atomic E-state index is 0.145. The Hall–Kier alpha value is -2.28. The molecule has 0 aromatic rings. The number of nitrogens with zero attached hydrogens (tertiary/aromatic N) is 3. The third-order valence-corrected chi connectivity index (χ3v) is 6.29. The molecule has 0 bridgehead atoms. The maximum atomic E-state index is 12.3. The van der Waals surface area contributed by atoms with Gasteiger partial charge in [-0.1, -0.05) is 0 Å². The van der Waals surface area contributed by atoms with Crippen LogP contribution in [-0.4, -0.2) is 130 Å². The lowest BCUT2D eigenvalue weighted by atomic mass is 9.79. The largest absolute Gasteiger partial charge is 0.480 e. The zero-order valence-corrected chi connectivity index (χ0v) is 19.3. The highest BCUT2D eigenvalue weighted by Crippen LogP contribution is 2.33. The first-order valence-electron chi connectivity index (χ1n) is 10.5. The van der Waals surface area contributed by atoms with Crippen molar-refractivity contribution in [2.24, 2.45) is 0 Å². The number of hydrogen-bond donors (Lipinski definition) is 4. The standard InChI is InChI=1S/C20H36N4O8/c1-19(2)20(3,4)24(12-16(27)28)10-9-22(11-15(25)26)7-5-21-6-8-23(19)13-18(31)32-14-17(29)30/h21H,5-14H2,1-4H3,(H,25,26)(H,27,28)(H,29,30). The normalized spacial score (nSPS) is 21.1. The highest BCUT2D eigenvalue weighted by Gasteiger charge is 2.46. The van der Waals surface area contributed by atoms with E-state index in [1.165, 1.54) is 0 Å². The molecule has 0 amide bonds. The molecular formula is C20H36N4O8. The van der Waals surface area contributed by atoms with Gasteiger partial charge in [0.05, 0.1) is 19.6 Å². The molecule has 1 heterocycles. The number of hydrogen-bond acceptors (Lipinski definition) is 9. The molecule has 1 rings (SSSR count). The van der Waals surface area contributed by atoms with E-state index < -0.39 is 41.6 Å². The summed E-state index contributed by atoms with van der Waals surface area (Å²) in [5, 5.41) is 30.7. The minimum atomic E-state index is -1.24. The third kappa shape index (κ3) is 8.34. The van der Waals surface area contributed by atoms with Gasteiger partial charge in [-0.3, -0.25) is 29.1 Å². The van der Waals surface area contributed by atoms with Gasteiger partial charge in [0.1, 0.15) is 0 Å². The van der Waals surface area contributed by atoms with Crippen molar-refractivity contribution in [1.29, 1.82) is 0 Å². The summed E-state index contributed by atoms with van der Waals surface area (Å²) in [6.45, 7) is 8.85. The maximum absolute atomic E-state index is 12.3. The van der Waals surface area contributed by atoms with Gasteiger partial charge in [0.25, 0.3) is 0 Å². The van der Waals surface area contributed by atoms with Crippen molar-refractivity contribution in [3.05, 3.63) is 0 Å². The SMILES string of the molecule is CC1(C)N(CC(=O)O)CCN(CC(=O)O)CCNCCN(CC(=O)OCC(=O)O)C1(C)C. The van der Waals surface area contributed by atoms with Gasteiger partial charge in [-0.15, -0.1) is 0 Å². The van der Waals surface area contributed by atoms with Crippen molar-refractivity contribution in [2.75, 3.05) is 65.5 Å². The summed E-state index contributed by atoms with van der Waals surface area (Å²) in [5.74, 6) is -3.89. The predicted octanol–water partition coefficient (Wildman–Crippen LogP) is -1.15. The average molecular weight is 461 g/mol. The Labute approximate surface area is 188 Å². The smallest absolute Gasteiger partial charge is 0.341 e. The van der Waals surface area contributed by atoms with Crippen LogP contribution >= 0.6 is 0 Å². The van der Waals surface area contributed by atoms with Gasteiger partial charge in [0.2, 0.25) is 0 Å². The van der Waals surface area contributed by atoms with E-state index in [1.807, 2.05) is 32.6 Å². The van der Waals surface area contributed by atoms with Crippen LogP contribution < -0.4 is 5.32 Å². The van der Waals surface area contributed by atoms with Crippen LogP contribution in [0.1, 0.15) is 27.7 Å². The average Bonchev–Trinajstić information content (AvgIpc) is 2.66. The molecule has 0 aromatic heterocycles. The summed E-state index contributed by atoms with van der Waals surface area (Å²) in [5.41, 5.74) is -1.49. The van der Waals surface area contributed by atoms with Crippen molar-refractivity contribution >= 4 is 23.9 Å². The van der Waals surface area contributed by atoms with E-state index >= 15 is 0 Å². The van der Waals surface area contributed by atoms with Crippen LogP contribution in [0.2, 0.25) is 0 Å². The number of carboxylic acid groups (broad SMARTS) is 3. The molecule has 184 valence electrons. The van der Waals surface area contributed by atoms with Gasteiger partial charge in [-0.2, -0.15) is 0 Å². The predicted molar refractivity (Wildman–Crippen MR) is 114 cm³/mol. The Morgan fingerprint density at radius 3 is 1.81 bits per heavy atom. The monoisotopic (exact) mass is 460 g/mol. The molecule has 12 nitrogen and oxygen atoms in total. The lowest BCUT2D eigenvalue weighted by Gasteiger charge is -2.54. The fourth-order valence-electron chi connectivity index (χ4n) is 3.69. The molecule has 32 heavy (non-hydrogen) atoms. The molecule has 4 N–H and O–H groups in total. The molecule has 0 unspecified atom stereocenters. The van der Waals surface area contributed by atoms with Crippen LogP contribution in [0, 0.1) is 0 Å². The molecule has 1 fully saturated rings. The number of carbonyl (C=O) groups excluding carboxylic acids is 1. The first kappa shape index (κ1) is 27.8. The number of carbonyl (C=O) groups is 4. The first-order chi connectivity index (χ1) is 14.8. The highest BCUT2D eigenvalue weighted by molar-refractivity contribution is 5.76. The molecule has 0 radical (unpaired) electrons. The van der Waals surface area contributed by atoms with Crippen molar-refractivity contribution in [2.45, 2.75) is 38.8 Å². The Bertz CT molecular complexity index is 671. The van der Waals surface area contributed by atoms with Crippen LogP contribution in [0.15, 0.2) is 0 Å². The summed E-state index contributed by atoms with van der Waals surface area (Å²) in [6, 6.07) is 0. The number of nitrogens with one attached hydrogen (secondary N) is 1. The first-order valence-corrected chi connectivity index (χ1v) is 10.5. The van der Waals surface area contributed by atoms with E-state index in [9.17, 15) is 29.4 Å². The third-order valence-electron chi connectivity index (χ3n) is 6.29. The van der Waals surface area contributed by atoms with Crippen molar-refractivity contribution in [1.82, 2.24) is 20.0 Å². The number of carboxylic acids is 3. The maximum Gasteiger partial charge on any atom is 0.341 e. The summed E-state index contributed by atoms with van der Waals surface area (Å²) in [7, 11) is 0. The van der Waals surface area contributed by atoms with Crippen molar-refractivity contribution in [3.8, 4) is 0 Å². The van der Waals surface area contributed by atoms with Crippen LogP contribution in [-0.2, 0) is 23.9 Å². The second kappa shape index (κ2) is 12.1. The molecule has 1 saturated heterocycles. The Balaban J connectivity index is 3.18. The van der Waals surface area contributed by atoms with E-state index in [-0.39, 0.29) is 19.6 Å². The van der Waals surface area contributed by atoms with E-state index in [2.05, 4.69) is 5.32 Å². The second-order valence-corrected chi connectivity index (χ2v) is 8.83. The van der Waals surface area contributed by atoms with Crippen LogP contribution in [0.5, 0.6) is 0 Å². The zero-order valence-electron chi connectivity index (χ0n) is 19.3. The molecule has 0 aromatic carbocycles. The van der Waals surface area contributed by atoms with E-state index in [1.54, 1.807) is 9.80 Å². The van der Waals surface area contributed by atoms with Crippen LogP contribution in [0.25, 0.3) is 0 Å². The Kier molecular flexibility index (Phi) is 10.5. The number of ether oxygens (including phenoxy) is 1. The van der Waals surface area contributed by atoms with Gasteiger partial charge in [-0.05, 0) is 27.7 Å². The number of rotatable bonds is 8. The van der Waals surface area contributed by atoms with Gasteiger partial charge in [0.15, 0.2) is 6.61 Å². The summed E-state index contributed by atoms with van der Waals surface area (Å²) in [4.78, 5) is 51.2. The highest BCUT2D eigenvalue weighted by atomic mass is 16.5. The lowest BCUT2D eigenvalue weighted by Crippen LogP contribution is -2.68.